The van der Waals surface area contributed by atoms with E-state index in [1.54, 1.807) is 0 Å². The Bertz CT molecular complexity index is 648. The van der Waals surface area contributed by atoms with Crippen LogP contribution in [0.3, 0.4) is 0 Å². The number of para-hydroxylation sites is 1. The van der Waals surface area contributed by atoms with E-state index in [1.807, 2.05) is 36.5 Å². The SMILES string of the molecule is CCCCCCCc1ccnc(-c2ccccc2OCCC(Cl)CC)n1. The van der Waals surface area contributed by atoms with E-state index in [1.165, 1.54) is 32.1 Å². The van der Waals surface area contributed by atoms with Crippen molar-refractivity contribution >= 4 is 11.6 Å². The number of aryl methyl sites for hydroxylation is 1. The highest BCUT2D eigenvalue weighted by molar-refractivity contribution is 6.20. The number of hydrogen-bond donors (Lipinski definition) is 0. The summed E-state index contributed by atoms with van der Waals surface area (Å²) in [6.45, 7) is 4.94. The lowest BCUT2D eigenvalue weighted by Crippen LogP contribution is -2.06. The fourth-order valence-corrected chi connectivity index (χ4v) is 2.94. The minimum absolute atomic E-state index is 0.162. The van der Waals surface area contributed by atoms with Gasteiger partial charge in [-0.15, -0.1) is 11.6 Å². The van der Waals surface area contributed by atoms with E-state index in [9.17, 15) is 0 Å². The molecule has 0 aliphatic rings. The normalized spacial score (nSPS) is 12.1. The van der Waals surface area contributed by atoms with Crippen LogP contribution in [-0.4, -0.2) is 22.0 Å². The van der Waals surface area contributed by atoms with Crippen molar-refractivity contribution < 1.29 is 4.74 Å². The van der Waals surface area contributed by atoms with E-state index in [0.29, 0.717) is 6.61 Å². The number of hydrogen-bond acceptors (Lipinski definition) is 3. The molecule has 142 valence electrons. The lowest BCUT2D eigenvalue weighted by atomic mass is 10.1. The molecule has 0 saturated carbocycles. The molecule has 1 atom stereocenters. The maximum atomic E-state index is 6.18. The molecule has 0 fully saturated rings. The largest absolute Gasteiger partial charge is 0.493 e. The molecule has 0 radical (unpaired) electrons. The van der Waals surface area contributed by atoms with Crippen LogP contribution in [0.5, 0.6) is 5.75 Å². The summed E-state index contributed by atoms with van der Waals surface area (Å²) in [6.07, 6.45) is 11.0. The van der Waals surface area contributed by atoms with Gasteiger partial charge in [0.25, 0.3) is 0 Å². The number of nitrogens with zero attached hydrogens (tertiary/aromatic N) is 2. The molecule has 4 heteroatoms. The van der Waals surface area contributed by atoms with Crippen LogP contribution in [0.15, 0.2) is 36.5 Å². The first-order chi connectivity index (χ1) is 12.7. The second kappa shape index (κ2) is 11.9. The van der Waals surface area contributed by atoms with E-state index in [2.05, 4.69) is 18.8 Å². The first-order valence-electron chi connectivity index (χ1n) is 9.92. The molecule has 1 aromatic heterocycles. The van der Waals surface area contributed by atoms with Crippen LogP contribution < -0.4 is 4.74 Å². The summed E-state index contributed by atoms with van der Waals surface area (Å²) in [5, 5.41) is 0.162. The molecule has 1 aromatic carbocycles. The highest BCUT2D eigenvalue weighted by atomic mass is 35.5. The number of unbranched alkanes of at least 4 members (excludes halogenated alkanes) is 4. The highest BCUT2D eigenvalue weighted by Crippen LogP contribution is 2.27. The Balaban J connectivity index is 2.00. The second-order valence-corrected chi connectivity index (χ2v) is 7.29. The van der Waals surface area contributed by atoms with Crippen molar-refractivity contribution in [3.05, 3.63) is 42.2 Å². The van der Waals surface area contributed by atoms with Crippen LogP contribution >= 0.6 is 11.6 Å². The highest BCUT2D eigenvalue weighted by Gasteiger charge is 2.10. The van der Waals surface area contributed by atoms with Crippen molar-refractivity contribution in [3.8, 4) is 17.1 Å². The zero-order valence-corrected chi connectivity index (χ0v) is 16.8. The Kier molecular flexibility index (Phi) is 9.47. The minimum Gasteiger partial charge on any atom is -0.493 e. The average Bonchev–Trinajstić information content (AvgIpc) is 2.68. The van der Waals surface area contributed by atoms with Gasteiger partial charge in [-0.25, -0.2) is 9.97 Å². The molecule has 2 rings (SSSR count). The van der Waals surface area contributed by atoms with Crippen molar-refractivity contribution in [3.63, 3.8) is 0 Å². The zero-order valence-electron chi connectivity index (χ0n) is 16.1. The van der Waals surface area contributed by atoms with E-state index in [4.69, 9.17) is 21.3 Å². The number of aromatic nitrogens is 2. The van der Waals surface area contributed by atoms with E-state index >= 15 is 0 Å². The zero-order chi connectivity index (χ0) is 18.6. The van der Waals surface area contributed by atoms with E-state index in [-0.39, 0.29) is 5.38 Å². The summed E-state index contributed by atoms with van der Waals surface area (Å²) in [5.41, 5.74) is 2.05. The van der Waals surface area contributed by atoms with Gasteiger partial charge in [0, 0.05) is 17.3 Å². The molecule has 0 aliphatic heterocycles. The van der Waals surface area contributed by atoms with Gasteiger partial charge in [-0.2, -0.15) is 0 Å². The van der Waals surface area contributed by atoms with Gasteiger partial charge in [-0.3, -0.25) is 0 Å². The van der Waals surface area contributed by atoms with Gasteiger partial charge >= 0.3 is 0 Å². The third-order valence-electron chi connectivity index (χ3n) is 4.51. The Morgan fingerprint density at radius 3 is 2.65 bits per heavy atom. The maximum absolute atomic E-state index is 6.18. The quantitative estimate of drug-likeness (QED) is 0.316. The Hall–Kier alpha value is -1.61. The fourth-order valence-electron chi connectivity index (χ4n) is 2.85. The van der Waals surface area contributed by atoms with Crippen LogP contribution in [0.2, 0.25) is 0 Å². The molecule has 0 bridgehead atoms. The third-order valence-corrected chi connectivity index (χ3v) is 5.04. The summed E-state index contributed by atoms with van der Waals surface area (Å²) >= 11 is 6.18. The number of alkyl halides is 1. The molecule has 1 unspecified atom stereocenters. The van der Waals surface area contributed by atoms with Crippen molar-refractivity contribution in [1.29, 1.82) is 0 Å². The molecule has 0 amide bonds. The van der Waals surface area contributed by atoms with Gasteiger partial charge in [0.2, 0.25) is 0 Å². The van der Waals surface area contributed by atoms with Gasteiger partial charge in [-0.1, -0.05) is 51.7 Å². The molecule has 26 heavy (non-hydrogen) atoms. The number of halogens is 1. The van der Waals surface area contributed by atoms with Gasteiger partial charge < -0.3 is 4.74 Å². The van der Waals surface area contributed by atoms with Gasteiger partial charge in [-0.05, 0) is 43.9 Å². The fraction of sp³-hybridized carbons (Fsp3) is 0.545. The first-order valence-corrected chi connectivity index (χ1v) is 10.4. The second-order valence-electron chi connectivity index (χ2n) is 6.67. The lowest BCUT2D eigenvalue weighted by molar-refractivity contribution is 0.308. The standard InChI is InChI=1S/C22H31ClN2O/c1-3-5-6-7-8-11-19-14-16-24-22(25-19)20-12-9-10-13-21(20)26-17-15-18(23)4-2/h9-10,12-14,16,18H,3-8,11,15,17H2,1-2H3. The topological polar surface area (TPSA) is 35.0 Å². The van der Waals surface area contributed by atoms with Crippen LogP contribution in [0.1, 0.15) is 64.5 Å². The molecular formula is C22H31ClN2O. The lowest BCUT2D eigenvalue weighted by Gasteiger charge is -2.12. The van der Waals surface area contributed by atoms with Crippen LogP contribution in [0, 0.1) is 0 Å². The molecule has 1 heterocycles. The van der Waals surface area contributed by atoms with Crippen LogP contribution in [0.4, 0.5) is 0 Å². The van der Waals surface area contributed by atoms with Crippen molar-refractivity contribution in [2.75, 3.05) is 6.61 Å². The summed E-state index contributed by atoms with van der Waals surface area (Å²) in [4.78, 5) is 9.23. The minimum atomic E-state index is 0.162. The Morgan fingerprint density at radius 2 is 1.85 bits per heavy atom. The molecule has 0 aliphatic carbocycles. The van der Waals surface area contributed by atoms with Crippen molar-refractivity contribution in [2.45, 2.75) is 70.6 Å². The number of rotatable bonds is 12. The number of ether oxygens (including phenoxy) is 1. The number of benzene rings is 1. The van der Waals surface area contributed by atoms with Crippen molar-refractivity contribution in [1.82, 2.24) is 9.97 Å². The molecule has 3 nitrogen and oxygen atoms in total. The van der Waals surface area contributed by atoms with E-state index < -0.39 is 0 Å². The van der Waals surface area contributed by atoms with E-state index in [0.717, 1.165) is 42.1 Å². The molecule has 0 saturated heterocycles. The van der Waals surface area contributed by atoms with Gasteiger partial charge in [0.05, 0.1) is 12.2 Å². The third kappa shape index (κ3) is 6.95. The monoisotopic (exact) mass is 374 g/mol. The van der Waals surface area contributed by atoms with Crippen molar-refractivity contribution in [2.24, 2.45) is 0 Å². The molecular weight excluding hydrogens is 344 g/mol. The predicted molar refractivity (Wildman–Crippen MR) is 110 cm³/mol. The predicted octanol–water partition coefficient (Wildman–Crippen LogP) is 6.44. The van der Waals surface area contributed by atoms with Crippen LogP contribution in [0.25, 0.3) is 11.4 Å². The first kappa shape index (κ1) is 20.7. The summed E-state index contributed by atoms with van der Waals surface area (Å²) in [7, 11) is 0. The Labute approximate surface area is 163 Å². The molecule has 0 N–H and O–H groups in total. The average molecular weight is 375 g/mol. The Morgan fingerprint density at radius 1 is 1.04 bits per heavy atom. The van der Waals surface area contributed by atoms with Gasteiger partial charge in [0.1, 0.15) is 5.75 Å². The maximum Gasteiger partial charge on any atom is 0.163 e. The molecule has 2 aromatic rings. The van der Waals surface area contributed by atoms with Crippen LogP contribution in [-0.2, 0) is 6.42 Å². The van der Waals surface area contributed by atoms with Gasteiger partial charge in [0.15, 0.2) is 5.82 Å². The summed E-state index contributed by atoms with van der Waals surface area (Å²) in [5.74, 6) is 1.57. The summed E-state index contributed by atoms with van der Waals surface area (Å²) < 4.78 is 5.96. The molecule has 0 spiro atoms. The summed E-state index contributed by atoms with van der Waals surface area (Å²) in [6, 6.07) is 10.00. The smallest absolute Gasteiger partial charge is 0.163 e.